The number of rotatable bonds is 4. The number of hydrogen-bond acceptors (Lipinski definition) is 3. The maximum Gasteiger partial charge on any atom is 0.522 e. The first kappa shape index (κ1) is 11.7. The monoisotopic (exact) mass is 222 g/mol. The molecule has 1 aromatic rings. The summed E-state index contributed by atoms with van der Waals surface area (Å²) >= 11 is 0. The van der Waals surface area contributed by atoms with Crippen LogP contribution in [0.5, 0.6) is 0 Å². The summed E-state index contributed by atoms with van der Waals surface area (Å²) in [5, 5.41) is 3.71. The Morgan fingerprint density at radius 1 is 1.60 bits per heavy atom. The lowest BCUT2D eigenvalue weighted by Crippen LogP contribution is -2.17. The van der Waals surface area contributed by atoms with Crippen molar-refractivity contribution >= 4 is 5.78 Å². The van der Waals surface area contributed by atoms with Gasteiger partial charge in [-0.3, -0.25) is 14.2 Å². The number of halogens is 3. The third kappa shape index (κ3) is 4.11. The quantitative estimate of drug-likeness (QED) is 0.727. The van der Waals surface area contributed by atoms with Gasteiger partial charge in [-0.2, -0.15) is 5.10 Å². The molecule has 1 rings (SSSR count). The lowest BCUT2D eigenvalue weighted by Gasteiger charge is -2.06. The van der Waals surface area contributed by atoms with Gasteiger partial charge in [-0.1, -0.05) is 0 Å². The summed E-state index contributed by atoms with van der Waals surface area (Å²) < 4.78 is 39.5. The molecule has 15 heavy (non-hydrogen) atoms. The van der Waals surface area contributed by atoms with Gasteiger partial charge in [0.15, 0.2) is 5.78 Å². The van der Waals surface area contributed by atoms with Crippen molar-refractivity contribution in [3.05, 3.63) is 18.0 Å². The largest absolute Gasteiger partial charge is 0.522 e. The van der Waals surface area contributed by atoms with Gasteiger partial charge < -0.3 is 0 Å². The summed E-state index contributed by atoms with van der Waals surface area (Å²) in [7, 11) is 0. The zero-order chi connectivity index (χ0) is 11.5. The molecule has 7 heteroatoms. The van der Waals surface area contributed by atoms with Crippen LogP contribution in [-0.4, -0.2) is 28.5 Å². The fourth-order valence-electron chi connectivity index (χ4n) is 0.923. The molecule has 1 aromatic heterocycles. The molecule has 0 spiro atoms. The molecular formula is C8H9F3N2O2. The summed E-state index contributed by atoms with van der Waals surface area (Å²) in [6.45, 7) is 0.781. The van der Waals surface area contributed by atoms with Crippen molar-refractivity contribution in [3.63, 3.8) is 0 Å². The first-order valence-corrected chi connectivity index (χ1v) is 4.12. The van der Waals surface area contributed by atoms with E-state index in [0.29, 0.717) is 5.56 Å². The number of Topliss-reactive ketones (excluding diaryl/α,β-unsaturated/α-hetero) is 1. The van der Waals surface area contributed by atoms with E-state index in [9.17, 15) is 18.0 Å². The van der Waals surface area contributed by atoms with Crippen molar-refractivity contribution in [2.75, 3.05) is 6.61 Å². The third-order valence-electron chi connectivity index (χ3n) is 1.63. The van der Waals surface area contributed by atoms with Crippen LogP contribution in [0.4, 0.5) is 13.2 Å². The molecule has 0 radical (unpaired) electrons. The van der Waals surface area contributed by atoms with Crippen molar-refractivity contribution < 1.29 is 22.7 Å². The Morgan fingerprint density at radius 3 is 2.73 bits per heavy atom. The van der Waals surface area contributed by atoms with Crippen molar-refractivity contribution in [1.82, 2.24) is 9.78 Å². The van der Waals surface area contributed by atoms with Gasteiger partial charge in [-0.15, -0.1) is 13.2 Å². The van der Waals surface area contributed by atoms with E-state index in [4.69, 9.17) is 0 Å². The molecule has 0 aliphatic rings. The van der Waals surface area contributed by atoms with Crippen LogP contribution >= 0.6 is 0 Å². The number of hydrogen-bond donors (Lipinski definition) is 0. The average molecular weight is 222 g/mol. The lowest BCUT2D eigenvalue weighted by molar-refractivity contribution is -0.325. The van der Waals surface area contributed by atoms with E-state index >= 15 is 0 Å². The van der Waals surface area contributed by atoms with E-state index in [1.54, 1.807) is 0 Å². The highest BCUT2D eigenvalue weighted by Crippen LogP contribution is 2.15. The molecule has 0 bridgehead atoms. The third-order valence-corrected chi connectivity index (χ3v) is 1.63. The Morgan fingerprint density at radius 2 is 2.27 bits per heavy atom. The van der Waals surface area contributed by atoms with E-state index in [1.165, 1.54) is 24.0 Å². The van der Waals surface area contributed by atoms with Gasteiger partial charge in [0.05, 0.1) is 24.9 Å². The molecule has 0 aliphatic carbocycles. The zero-order valence-corrected chi connectivity index (χ0v) is 7.91. The van der Waals surface area contributed by atoms with Crippen LogP contribution in [0.3, 0.4) is 0 Å². The van der Waals surface area contributed by atoms with Crippen molar-refractivity contribution in [2.24, 2.45) is 0 Å². The normalized spacial score (nSPS) is 11.7. The summed E-state index contributed by atoms with van der Waals surface area (Å²) in [6.07, 6.45) is -1.95. The second-order valence-corrected chi connectivity index (χ2v) is 2.84. The highest BCUT2D eigenvalue weighted by Gasteiger charge is 2.28. The summed E-state index contributed by atoms with van der Waals surface area (Å²) in [4.78, 5) is 10.8. The molecule has 0 fully saturated rings. The minimum atomic E-state index is -4.63. The van der Waals surface area contributed by atoms with E-state index in [1.807, 2.05) is 0 Å². The fourth-order valence-corrected chi connectivity index (χ4v) is 0.923. The molecule has 0 amide bonds. The van der Waals surface area contributed by atoms with Crippen LogP contribution in [0.25, 0.3) is 0 Å². The second kappa shape index (κ2) is 4.43. The molecule has 0 N–H and O–H groups in total. The maximum atomic E-state index is 11.6. The van der Waals surface area contributed by atoms with Crippen LogP contribution in [0.2, 0.25) is 0 Å². The predicted octanol–water partition coefficient (Wildman–Crippen LogP) is 1.62. The minimum Gasteiger partial charge on any atom is -0.294 e. The molecule has 84 valence electrons. The molecular weight excluding hydrogens is 213 g/mol. The first-order chi connectivity index (χ1) is 6.88. The lowest BCUT2D eigenvalue weighted by atomic mass is 10.3. The topological polar surface area (TPSA) is 44.1 Å². The van der Waals surface area contributed by atoms with Crippen LogP contribution < -0.4 is 0 Å². The molecule has 0 saturated heterocycles. The number of nitrogens with zero attached hydrogens (tertiary/aromatic N) is 2. The first-order valence-electron chi connectivity index (χ1n) is 4.12. The molecule has 0 aliphatic heterocycles. The van der Waals surface area contributed by atoms with Crippen LogP contribution in [-0.2, 0) is 11.3 Å². The summed E-state index contributed by atoms with van der Waals surface area (Å²) in [5.74, 6) is -0.182. The van der Waals surface area contributed by atoms with Gasteiger partial charge in [-0.25, -0.2) is 0 Å². The van der Waals surface area contributed by atoms with Crippen molar-refractivity contribution in [2.45, 2.75) is 19.8 Å². The molecule has 1 heterocycles. The van der Waals surface area contributed by atoms with E-state index in [-0.39, 0.29) is 12.3 Å². The van der Waals surface area contributed by atoms with Crippen LogP contribution in [0.15, 0.2) is 12.4 Å². The molecule has 0 aromatic carbocycles. The number of ketones is 1. The van der Waals surface area contributed by atoms with E-state index < -0.39 is 13.0 Å². The Bertz CT molecular complexity index is 346. The van der Waals surface area contributed by atoms with E-state index in [0.717, 1.165) is 0 Å². The van der Waals surface area contributed by atoms with Gasteiger partial charge >= 0.3 is 6.36 Å². The molecule has 4 nitrogen and oxygen atoms in total. The number of carbonyl (C=O) groups excluding carboxylic acids is 1. The smallest absolute Gasteiger partial charge is 0.294 e. The average Bonchev–Trinajstić information content (AvgIpc) is 2.50. The highest BCUT2D eigenvalue weighted by molar-refractivity contribution is 5.93. The van der Waals surface area contributed by atoms with Crippen LogP contribution in [0, 0.1) is 0 Å². The molecule has 0 unspecified atom stereocenters. The molecule has 0 saturated carbocycles. The van der Waals surface area contributed by atoms with Crippen molar-refractivity contribution in [3.8, 4) is 0 Å². The van der Waals surface area contributed by atoms with Gasteiger partial charge in [0.1, 0.15) is 0 Å². The maximum absolute atomic E-state index is 11.6. The van der Waals surface area contributed by atoms with Gasteiger partial charge in [-0.05, 0) is 6.92 Å². The summed E-state index contributed by atoms with van der Waals surface area (Å²) in [6, 6.07) is 0. The standard InChI is InChI=1S/C8H9F3N2O2/c1-6(14)7-4-12-13(5-7)2-3-15-8(9,10)11/h4-5H,2-3H2,1H3. The van der Waals surface area contributed by atoms with E-state index in [2.05, 4.69) is 9.84 Å². The summed E-state index contributed by atoms with van der Waals surface area (Å²) in [5.41, 5.74) is 0.363. The highest BCUT2D eigenvalue weighted by atomic mass is 19.4. The number of ether oxygens (including phenoxy) is 1. The van der Waals surface area contributed by atoms with Crippen molar-refractivity contribution in [1.29, 1.82) is 0 Å². The Kier molecular flexibility index (Phi) is 3.46. The van der Waals surface area contributed by atoms with Crippen LogP contribution in [0.1, 0.15) is 17.3 Å². The van der Waals surface area contributed by atoms with Gasteiger partial charge in [0.25, 0.3) is 0 Å². The minimum absolute atomic E-state index is 0.0488. The van der Waals surface area contributed by atoms with Gasteiger partial charge in [0, 0.05) is 6.20 Å². The fraction of sp³-hybridized carbons (Fsp3) is 0.500. The predicted molar refractivity (Wildman–Crippen MR) is 44.2 cm³/mol. The number of alkyl halides is 3. The Hall–Kier alpha value is -1.37. The SMILES string of the molecule is CC(=O)c1cnn(CCOC(F)(F)F)c1. The second-order valence-electron chi connectivity index (χ2n) is 2.84. The Balaban J connectivity index is 2.41. The Labute approximate surface area is 83.6 Å². The number of aromatic nitrogens is 2. The molecule has 0 atom stereocenters. The number of carbonyl (C=O) groups is 1. The zero-order valence-electron chi connectivity index (χ0n) is 7.91. The van der Waals surface area contributed by atoms with Gasteiger partial charge in [0.2, 0.25) is 0 Å².